The van der Waals surface area contributed by atoms with E-state index in [4.69, 9.17) is 11.6 Å². The minimum Gasteiger partial charge on any atom is -0.355 e. The monoisotopic (exact) mass is 393 g/mol. The summed E-state index contributed by atoms with van der Waals surface area (Å²) in [5.41, 5.74) is 4.79. The number of carbonyl (C=O) groups is 2. The number of amides is 1. The Hall–Kier alpha value is -3.18. The summed E-state index contributed by atoms with van der Waals surface area (Å²) in [6.45, 7) is 5.36. The van der Waals surface area contributed by atoms with Gasteiger partial charge in [-0.15, -0.1) is 0 Å². The first-order valence-corrected chi connectivity index (χ1v) is 9.13. The van der Waals surface area contributed by atoms with Gasteiger partial charge in [0.05, 0.1) is 10.7 Å². The lowest BCUT2D eigenvalue weighted by Crippen LogP contribution is -2.15. The molecule has 0 fully saturated rings. The number of nitrogens with zero attached hydrogens (tertiary/aromatic N) is 1. The maximum Gasteiger partial charge on any atom is 0.274 e. The quantitative estimate of drug-likeness (QED) is 0.557. The number of hydrogen-bond donors (Lipinski definition) is 2. The van der Waals surface area contributed by atoms with Gasteiger partial charge in [0.15, 0.2) is 5.78 Å². The number of carbonyl (C=O) groups excluding carboxylic acids is 2. The van der Waals surface area contributed by atoms with E-state index >= 15 is 0 Å². The van der Waals surface area contributed by atoms with Gasteiger partial charge in [-0.1, -0.05) is 29.8 Å². The van der Waals surface area contributed by atoms with Crippen molar-refractivity contribution >= 4 is 40.4 Å². The Kier molecular flexibility index (Phi) is 5.76. The third-order valence-corrected chi connectivity index (χ3v) is 4.52. The molecule has 3 rings (SSSR count). The minimum atomic E-state index is -0.352. The Morgan fingerprint density at radius 3 is 2.46 bits per heavy atom. The molecule has 0 saturated carbocycles. The highest BCUT2D eigenvalue weighted by Crippen LogP contribution is 2.28. The van der Waals surface area contributed by atoms with Gasteiger partial charge in [0.2, 0.25) is 0 Å². The smallest absolute Gasteiger partial charge is 0.274 e. The highest BCUT2D eigenvalue weighted by atomic mass is 35.5. The van der Waals surface area contributed by atoms with Crippen LogP contribution in [-0.4, -0.2) is 16.7 Å². The molecular formula is C22H20ClN3O2. The van der Waals surface area contributed by atoms with E-state index in [-0.39, 0.29) is 17.4 Å². The molecule has 5 nitrogen and oxygen atoms in total. The van der Waals surface area contributed by atoms with Gasteiger partial charge in [-0.2, -0.15) is 0 Å². The summed E-state index contributed by atoms with van der Waals surface area (Å²) >= 11 is 6.27. The molecule has 1 amide bonds. The molecule has 0 bridgehead atoms. The van der Waals surface area contributed by atoms with E-state index in [0.717, 1.165) is 16.8 Å². The van der Waals surface area contributed by atoms with Gasteiger partial charge in [0.1, 0.15) is 5.69 Å². The first kappa shape index (κ1) is 19.6. The summed E-state index contributed by atoms with van der Waals surface area (Å²) in [7, 11) is 0. The second-order valence-electron chi connectivity index (χ2n) is 6.58. The number of aromatic nitrogens is 1. The van der Waals surface area contributed by atoms with Crippen molar-refractivity contribution < 1.29 is 9.59 Å². The van der Waals surface area contributed by atoms with Crippen molar-refractivity contribution in [3.63, 3.8) is 0 Å². The van der Waals surface area contributed by atoms with Gasteiger partial charge in [0.25, 0.3) is 5.91 Å². The van der Waals surface area contributed by atoms with Crippen molar-refractivity contribution in [2.24, 2.45) is 0 Å². The van der Waals surface area contributed by atoms with Crippen molar-refractivity contribution in [2.45, 2.75) is 20.8 Å². The Balaban J connectivity index is 1.80. The van der Waals surface area contributed by atoms with Crippen LogP contribution in [0.25, 0.3) is 0 Å². The Morgan fingerprint density at radius 2 is 1.75 bits per heavy atom. The fraction of sp³-hybridized carbons (Fsp3) is 0.136. The van der Waals surface area contributed by atoms with Gasteiger partial charge < -0.3 is 10.6 Å². The molecule has 0 aliphatic heterocycles. The van der Waals surface area contributed by atoms with Crippen molar-refractivity contribution in [2.75, 3.05) is 10.6 Å². The number of halogens is 1. The first-order chi connectivity index (χ1) is 13.3. The summed E-state index contributed by atoms with van der Waals surface area (Å²) in [5.74, 6) is -0.362. The number of ketones is 1. The zero-order chi connectivity index (χ0) is 20.3. The fourth-order valence-corrected chi connectivity index (χ4v) is 3.24. The zero-order valence-corrected chi connectivity index (χ0v) is 16.6. The van der Waals surface area contributed by atoms with Crippen LogP contribution in [0.1, 0.15) is 38.9 Å². The van der Waals surface area contributed by atoms with Crippen molar-refractivity contribution in [1.82, 2.24) is 4.98 Å². The van der Waals surface area contributed by atoms with Crippen LogP contribution in [0.3, 0.4) is 0 Å². The molecule has 142 valence electrons. The largest absolute Gasteiger partial charge is 0.355 e. The predicted octanol–water partition coefficient (Wildman–Crippen LogP) is 5.55. The number of hydrogen-bond acceptors (Lipinski definition) is 4. The Bertz CT molecular complexity index is 1040. The van der Waals surface area contributed by atoms with Crippen LogP contribution in [0.15, 0.2) is 54.7 Å². The lowest BCUT2D eigenvalue weighted by molar-refractivity contribution is 0.101. The van der Waals surface area contributed by atoms with Crippen LogP contribution in [0.2, 0.25) is 5.02 Å². The fourth-order valence-electron chi connectivity index (χ4n) is 2.87. The molecule has 0 atom stereocenters. The lowest BCUT2D eigenvalue weighted by atomic mass is 10.1. The van der Waals surface area contributed by atoms with Crippen molar-refractivity contribution in [3.8, 4) is 0 Å². The van der Waals surface area contributed by atoms with E-state index in [0.29, 0.717) is 22.0 Å². The molecule has 0 unspecified atom stereocenters. The standard InChI is InChI=1S/C22H20ClN3O2/c1-13-9-14(2)21(19(23)10-13)26-22(28)20-12-18(7-8-24-20)25-17-6-4-5-16(11-17)15(3)27/h4-12H,1-3H3,(H,24,25)(H,26,28). The molecule has 2 N–H and O–H groups in total. The van der Waals surface area contributed by atoms with E-state index < -0.39 is 0 Å². The number of nitrogens with one attached hydrogen (secondary N) is 2. The average molecular weight is 394 g/mol. The number of pyridine rings is 1. The SMILES string of the molecule is CC(=O)c1cccc(Nc2ccnc(C(=O)Nc3c(C)cc(C)cc3Cl)c2)c1. The van der Waals surface area contributed by atoms with Gasteiger partial charge in [-0.05, 0) is 62.2 Å². The lowest BCUT2D eigenvalue weighted by Gasteiger charge is -2.12. The summed E-state index contributed by atoms with van der Waals surface area (Å²) in [4.78, 5) is 28.3. The molecule has 0 aliphatic carbocycles. The second kappa shape index (κ2) is 8.23. The maximum absolute atomic E-state index is 12.6. The van der Waals surface area contributed by atoms with Crippen LogP contribution in [0.5, 0.6) is 0 Å². The third-order valence-electron chi connectivity index (χ3n) is 4.22. The molecule has 0 aliphatic rings. The molecule has 6 heteroatoms. The van der Waals surface area contributed by atoms with E-state index in [2.05, 4.69) is 15.6 Å². The molecule has 1 aromatic heterocycles. The van der Waals surface area contributed by atoms with Crippen molar-refractivity contribution in [1.29, 1.82) is 0 Å². The van der Waals surface area contributed by atoms with E-state index in [1.807, 2.05) is 26.0 Å². The molecule has 0 radical (unpaired) electrons. The minimum absolute atomic E-state index is 0.0104. The Morgan fingerprint density at radius 1 is 1.00 bits per heavy atom. The van der Waals surface area contributed by atoms with Gasteiger partial charge >= 0.3 is 0 Å². The molecular weight excluding hydrogens is 374 g/mol. The number of rotatable bonds is 5. The molecule has 28 heavy (non-hydrogen) atoms. The highest BCUT2D eigenvalue weighted by molar-refractivity contribution is 6.34. The Labute approximate surface area is 168 Å². The van der Waals surface area contributed by atoms with Crippen molar-refractivity contribution in [3.05, 3.63) is 82.1 Å². The van der Waals surface area contributed by atoms with Gasteiger partial charge in [-0.25, -0.2) is 0 Å². The molecule has 0 spiro atoms. The number of anilines is 3. The third kappa shape index (κ3) is 4.56. The summed E-state index contributed by atoms with van der Waals surface area (Å²) in [6, 6.07) is 14.3. The molecule has 0 saturated heterocycles. The number of Topliss-reactive ketones (excluding diaryl/α,β-unsaturated/α-hetero) is 1. The average Bonchev–Trinajstić information content (AvgIpc) is 2.65. The van der Waals surface area contributed by atoms with Crippen LogP contribution < -0.4 is 10.6 Å². The van der Waals surface area contributed by atoms with Crippen LogP contribution >= 0.6 is 11.6 Å². The van der Waals surface area contributed by atoms with Crippen LogP contribution in [-0.2, 0) is 0 Å². The second-order valence-corrected chi connectivity index (χ2v) is 6.99. The summed E-state index contributed by atoms with van der Waals surface area (Å²) in [5, 5.41) is 6.51. The zero-order valence-electron chi connectivity index (χ0n) is 15.8. The summed E-state index contributed by atoms with van der Waals surface area (Å²) in [6.07, 6.45) is 1.55. The summed E-state index contributed by atoms with van der Waals surface area (Å²) < 4.78 is 0. The normalized spacial score (nSPS) is 10.4. The molecule has 1 heterocycles. The molecule has 3 aromatic rings. The number of aryl methyl sites for hydroxylation is 2. The maximum atomic E-state index is 12.6. The predicted molar refractivity (Wildman–Crippen MR) is 113 cm³/mol. The van der Waals surface area contributed by atoms with E-state index in [9.17, 15) is 9.59 Å². The topological polar surface area (TPSA) is 71.1 Å². The van der Waals surface area contributed by atoms with Gasteiger partial charge in [0, 0.05) is 23.1 Å². The van der Waals surface area contributed by atoms with Crippen LogP contribution in [0, 0.1) is 13.8 Å². The van der Waals surface area contributed by atoms with Gasteiger partial charge in [-0.3, -0.25) is 14.6 Å². The van der Waals surface area contributed by atoms with Crippen LogP contribution in [0.4, 0.5) is 17.1 Å². The van der Waals surface area contributed by atoms with E-state index in [1.54, 1.807) is 42.6 Å². The number of benzene rings is 2. The molecule has 2 aromatic carbocycles. The van der Waals surface area contributed by atoms with E-state index in [1.165, 1.54) is 6.92 Å². The highest BCUT2D eigenvalue weighted by Gasteiger charge is 2.13. The first-order valence-electron chi connectivity index (χ1n) is 8.75.